The van der Waals surface area contributed by atoms with Crippen LogP contribution < -0.4 is 14.4 Å². The smallest absolute Gasteiger partial charge is 0.242 e. The van der Waals surface area contributed by atoms with Crippen LogP contribution in [0.25, 0.3) is 0 Å². The number of carbonyl (C=O) groups is 2. The number of benzene rings is 2. The molecule has 2 amide bonds. The fourth-order valence-corrected chi connectivity index (χ4v) is 5.25. The van der Waals surface area contributed by atoms with Crippen molar-refractivity contribution >= 4 is 50.7 Å². The number of sulfonamides is 1. The first-order valence-corrected chi connectivity index (χ1v) is 15.0. The van der Waals surface area contributed by atoms with E-state index >= 15 is 0 Å². The summed E-state index contributed by atoms with van der Waals surface area (Å²) >= 11 is 12.4. The molecule has 2 aromatic carbocycles. The first-order valence-electron chi connectivity index (χ1n) is 12.4. The summed E-state index contributed by atoms with van der Waals surface area (Å²) in [4.78, 5) is 27.9. The van der Waals surface area contributed by atoms with Gasteiger partial charge in [0.25, 0.3) is 0 Å². The van der Waals surface area contributed by atoms with Gasteiger partial charge in [-0.2, -0.15) is 0 Å². The third-order valence-electron chi connectivity index (χ3n) is 5.61. The van der Waals surface area contributed by atoms with Gasteiger partial charge in [0.05, 0.1) is 18.6 Å². The molecule has 0 heterocycles. The fourth-order valence-electron chi connectivity index (χ4n) is 3.81. The van der Waals surface area contributed by atoms with Gasteiger partial charge in [0, 0.05) is 35.1 Å². The van der Waals surface area contributed by atoms with Crippen molar-refractivity contribution in [3.8, 4) is 5.75 Å². The number of nitrogens with zero attached hydrogens (tertiary/aromatic N) is 2. The Hall–Kier alpha value is -2.49. The third kappa shape index (κ3) is 9.36. The fraction of sp³-hybridized carbons (Fsp3) is 0.481. The molecule has 1 atom stereocenters. The van der Waals surface area contributed by atoms with Crippen LogP contribution in [0.3, 0.4) is 0 Å². The van der Waals surface area contributed by atoms with E-state index in [9.17, 15) is 18.0 Å². The summed E-state index contributed by atoms with van der Waals surface area (Å²) in [6.07, 6.45) is 1.36. The molecular formula is C27H37Cl2N3O5S. The van der Waals surface area contributed by atoms with Crippen molar-refractivity contribution in [2.75, 3.05) is 23.7 Å². The largest absolute Gasteiger partial charge is 0.492 e. The molecule has 38 heavy (non-hydrogen) atoms. The number of rotatable bonds is 12. The molecule has 210 valence electrons. The van der Waals surface area contributed by atoms with Gasteiger partial charge >= 0.3 is 0 Å². The van der Waals surface area contributed by atoms with Crippen molar-refractivity contribution in [1.29, 1.82) is 0 Å². The third-order valence-corrected chi connectivity index (χ3v) is 7.37. The summed E-state index contributed by atoms with van der Waals surface area (Å²) in [5.74, 6) is -0.170. The van der Waals surface area contributed by atoms with Crippen LogP contribution in [-0.4, -0.2) is 56.1 Å². The Morgan fingerprint density at radius 2 is 1.76 bits per heavy atom. The Bertz CT molecular complexity index is 1230. The van der Waals surface area contributed by atoms with Crippen molar-refractivity contribution < 1.29 is 22.7 Å². The second-order valence-corrected chi connectivity index (χ2v) is 12.8. The van der Waals surface area contributed by atoms with Crippen molar-refractivity contribution in [2.24, 2.45) is 0 Å². The molecule has 0 saturated heterocycles. The Labute approximate surface area is 236 Å². The molecule has 0 aliphatic heterocycles. The lowest BCUT2D eigenvalue weighted by Crippen LogP contribution is -2.52. The molecule has 0 radical (unpaired) electrons. The number of anilines is 1. The molecule has 1 N–H and O–H groups in total. The summed E-state index contributed by atoms with van der Waals surface area (Å²) in [5.41, 5.74) is 0.567. The number of nitrogens with one attached hydrogen (secondary N) is 1. The van der Waals surface area contributed by atoms with Crippen LogP contribution in [0, 0.1) is 0 Å². The molecule has 0 bridgehead atoms. The maximum Gasteiger partial charge on any atom is 0.242 e. The van der Waals surface area contributed by atoms with E-state index in [0.717, 1.165) is 6.26 Å². The second-order valence-electron chi connectivity index (χ2n) is 10.0. The van der Waals surface area contributed by atoms with E-state index in [0.29, 0.717) is 33.7 Å². The van der Waals surface area contributed by atoms with Crippen molar-refractivity contribution in [3.63, 3.8) is 0 Å². The predicted octanol–water partition coefficient (Wildman–Crippen LogP) is 5.27. The highest BCUT2D eigenvalue weighted by molar-refractivity contribution is 7.92. The summed E-state index contributed by atoms with van der Waals surface area (Å²) < 4.78 is 32.1. The zero-order valence-corrected chi connectivity index (χ0v) is 25.1. The highest BCUT2D eigenvalue weighted by atomic mass is 35.5. The summed E-state index contributed by atoms with van der Waals surface area (Å²) in [6.45, 7) is 9.59. The van der Waals surface area contributed by atoms with Gasteiger partial charge in [-0.3, -0.25) is 13.9 Å². The van der Waals surface area contributed by atoms with Crippen LogP contribution in [0.1, 0.15) is 53.0 Å². The summed E-state index contributed by atoms with van der Waals surface area (Å²) in [6, 6.07) is 11.0. The van der Waals surface area contributed by atoms with Crippen LogP contribution in [0.4, 0.5) is 5.69 Å². The van der Waals surface area contributed by atoms with Crippen molar-refractivity contribution in [3.05, 3.63) is 58.1 Å². The number of ether oxygens (including phenoxy) is 1. The number of halogens is 2. The van der Waals surface area contributed by atoms with Crippen molar-refractivity contribution in [1.82, 2.24) is 10.2 Å². The predicted molar refractivity (Wildman–Crippen MR) is 153 cm³/mol. The zero-order valence-electron chi connectivity index (χ0n) is 22.8. The van der Waals surface area contributed by atoms with E-state index in [1.807, 2.05) is 27.7 Å². The highest BCUT2D eigenvalue weighted by Crippen LogP contribution is 2.30. The first-order chi connectivity index (χ1) is 17.6. The van der Waals surface area contributed by atoms with Gasteiger partial charge in [-0.05, 0) is 70.9 Å². The molecular weight excluding hydrogens is 549 g/mol. The molecule has 2 rings (SSSR count). The monoisotopic (exact) mass is 585 g/mol. The maximum atomic E-state index is 13.5. The maximum absolute atomic E-state index is 13.5. The summed E-state index contributed by atoms with van der Waals surface area (Å²) in [7, 11) is -3.65. The van der Waals surface area contributed by atoms with E-state index in [-0.39, 0.29) is 37.7 Å². The van der Waals surface area contributed by atoms with Crippen LogP contribution in [0.5, 0.6) is 5.75 Å². The Kier molecular flexibility index (Phi) is 11.3. The number of carbonyl (C=O) groups excluding carboxylic acids is 2. The quantitative estimate of drug-likeness (QED) is 0.366. The van der Waals surface area contributed by atoms with Gasteiger partial charge in [-0.1, -0.05) is 41.4 Å². The minimum atomic E-state index is -3.65. The summed E-state index contributed by atoms with van der Waals surface area (Å²) in [5, 5.41) is 3.75. The van der Waals surface area contributed by atoms with E-state index in [1.165, 1.54) is 9.21 Å². The van der Waals surface area contributed by atoms with Gasteiger partial charge in [0.2, 0.25) is 21.8 Å². The molecule has 8 nitrogen and oxygen atoms in total. The normalized spacial score (nSPS) is 12.5. The number of hydrogen-bond donors (Lipinski definition) is 1. The number of hydrogen-bond acceptors (Lipinski definition) is 5. The van der Waals surface area contributed by atoms with Gasteiger partial charge < -0.3 is 15.0 Å². The lowest BCUT2D eigenvalue weighted by molar-refractivity contribution is -0.141. The highest BCUT2D eigenvalue weighted by Gasteiger charge is 2.29. The minimum Gasteiger partial charge on any atom is -0.492 e. The molecule has 2 aromatic rings. The van der Waals surface area contributed by atoms with Crippen molar-refractivity contribution in [2.45, 2.75) is 65.6 Å². The molecule has 0 saturated carbocycles. The Morgan fingerprint density at radius 3 is 2.34 bits per heavy atom. The average Bonchev–Trinajstić information content (AvgIpc) is 2.80. The molecule has 0 spiro atoms. The van der Waals surface area contributed by atoms with Crippen LogP contribution in [0.15, 0.2) is 42.5 Å². The Morgan fingerprint density at radius 1 is 1.11 bits per heavy atom. The first kappa shape index (κ1) is 31.7. The average molecular weight is 587 g/mol. The van der Waals surface area contributed by atoms with Crippen LogP contribution in [0.2, 0.25) is 10.0 Å². The van der Waals surface area contributed by atoms with Gasteiger partial charge in [0.15, 0.2) is 0 Å². The SMILES string of the molecule is CCOc1ccccc1N(CCCC(=O)N(Cc1ccc(Cl)cc1Cl)C(C)C(=O)NC(C)(C)C)S(C)(=O)=O. The lowest BCUT2D eigenvalue weighted by atomic mass is 10.1. The number of para-hydroxylation sites is 2. The number of amides is 2. The van der Waals surface area contributed by atoms with E-state index < -0.39 is 21.6 Å². The van der Waals surface area contributed by atoms with Gasteiger partial charge in [0.1, 0.15) is 11.8 Å². The standard InChI is InChI=1S/C27H37Cl2N3O5S/c1-7-37-24-12-9-8-11-23(24)32(38(6,35)36)16-10-13-25(33)31(19(2)26(34)30-27(3,4)5)18-20-14-15-21(28)17-22(20)29/h8-9,11-12,14-15,17,19H,7,10,13,16,18H2,1-6H3,(H,30,34). The molecule has 11 heteroatoms. The van der Waals surface area contributed by atoms with E-state index in [1.54, 1.807) is 49.4 Å². The van der Waals surface area contributed by atoms with Crippen LogP contribution >= 0.6 is 23.2 Å². The van der Waals surface area contributed by atoms with Gasteiger partial charge in [-0.15, -0.1) is 0 Å². The topological polar surface area (TPSA) is 96.0 Å². The van der Waals surface area contributed by atoms with Crippen LogP contribution in [-0.2, 0) is 26.2 Å². The molecule has 0 aliphatic carbocycles. The molecule has 0 aliphatic rings. The second kappa shape index (κ2) is 13.5. The zero-order chi connectivity index (χ0) is 28.7. The van der Waals surface area contributed by atoms with E-state index in [2.05, 4.69) is 5.32 Å². The molecule has 0 fully saturated rings. The Balaban J connectivity index is 2.26. The molecule has 0 aromatic heterocycles. The van der Waals surface area contributed by atoms with Gasteiger partial charge in [-0.25, -0.2) is 8.42 Å². The lowest BCUT2D eigenvalue weighted by Gasteiger charge is -2.32. The minimum absolute atomic E-state index is 0.0150. The van der Waals surface area contributed by atoms with E-state index in [4.69, 9.17) is 27.9 Å². The molecule has 1 unspecified atom stereocenters.